The molecule has 0 amide bonds. The molecule has 8 nitrogen and oxygen atoms in total. The van der Waals surface area contributed by atoms with Gasteiger partial charge in [0.25, 0.3) is 0 Å². The second-order valence-electron chi connectivity index (χ2n) is 5.64. The lowest BCUT2D eigenvalue weighted by atomic mass is 10.2. The number of anilines is 1. The molecule has 134 valence electrons. The van der Waals surface area contributed by atoms with Crippen molar-refractivity contribution in [2.45, 2.75) is 26.0 Å². The number of morpholine rings is 1. The molecule has 2 aromatic heterocycles. The molecule has 1 atom stereocenters. The Morgan fingerprint density at radius 3 is 3.16 bits per heavy atom. The van der Waals surface area contributed by atoms with Gasteiger partial charge < -0.3 is 26.1 Å². The lowest BCUT2D eigenvalue weighted by Crippen LogP contribution is -2.37. The van der Waals surface area contributed by atoms with Crippen molar-refractivity contribution < 1.29 is 4.74 Å². The number of hydrogen-bond acceptors (Lipinski definition) is 7. The molecule has 0 aliphatic carbocycles. The van der Waals surface area contributed by atoms with E-state index < -0.39 is 0 Å². The van der Waals surface area contributed by atoms with Gasteiger partial charge in [0.15, 0.2) is 11.4 Å². The summed E-state index contributed by atoms with van der Waals surface area (Å²) in [6.45, 7) is 4.13. The minimum absolute atomic E-state index is 0.225. The van der Waals surface area contributed by atoms with E-state index in [0.717, 1.165) is 36.1 Å². The standard InChI is InChI=1S/C16H22ClN7O/c1-2-3-11-10-4-5-20-15(10)24-16(21-11)22-12(8-18)14(17)23-13-9-19-6-7-25-13/h4-5,8,13,19H,2-3,6-7,9,18H2,1H3,(H2,20,21,22,24). The zero-order valence-corrected chi connectivity index (χ0v) is 14.8. The minimum Gasteiger partial charge on any atom is -0.403 e. The Morgan fingerprint density at radius 2 is 2.44 bits per heavy atom. The normalized spacial score (nSPS) is 19.4. The van der Waals surface area contributed by atoms with Crippen molar-refractivity contribution in [1.82, 2.24) is 20.3 Å². The number of nitrogens with two attached hydrogens (primary N) is 1. The molecule has 25 heavy (non-hydrogen) atoms. The van der Waals surface area contributed by atoms with Gasteiger partial charge in [-0.2, -0.15) is 4.98 Å². The van der Waals surface area contributed by atoms with Crippen LogP contribution in [0.5, 0.6) is 0 Å². The van der Waals surface area contributed by atoms with Crippen LogP contribution in [0.2, 0.25) is 0 Å². The van der Waals surface area contributed by atoms with Crippen LogP contribution in [0.3, 0.4) is 0 Å². The Hall–Kier alpha value is -2.16. The number of nitrogens with zero attached hydrogens (tertiary/aromatic N) is 3. The van der Waals surface area contributed by atoms with Crippen molar-refractivity contribution in [2.24, 2.45) is 10.7 Å². The first-order chi connectivity index (χ1) is 12.2. The van der Waals surface area contributed by atoms with Gasteiger partial charge in [-0.05, 0) is 12.5 Å². The molecule has 0 saturated carbocycles. The maximum absolute atomic E-state index is 6.30. The van der Waals surface area contributed by atoms with E-state index in [1.807, 2.05) is 12.3 Å². The monoisotopic (exact) mass is 363 g/mol. The molecule has 3 heterocycles. The number of ether oxygens (including phenoxy) is 1. The largest absolute Gasteiger partial charge is 0.403 e. The van der Waals surface area contributed by atoms with E-state index in [0.29, 0.717) is 24.8 Å². The molecule has 0 spiro atoms. The number of aromatic nitrogens is 3. The quantitative estimate of drug-likeness (QED) is 0.581. The van der Waals surface area contributed by atoms with Crippen LogP contribution < -0.4 is 16.4 Å². The Bertz CT molecular complexity index is 780. The van der Waals surface area contributed by atoms with Gasteiger partial charge in [0.1, 0.15) is 5.65 Å². The summed E-state index contributed by atoms with van der Waals surface area (Å²) < 4.78 is 5.53. The predicted octanol–water partition coefficient (Wildman–Crippen LogP) is 1.71. The molecule has 3 rings (SSSR count). The number of aryl methyl sites for hydroxylation is 1. The predicted molar refractivity (Wildman–Crippen MR) is 99.7 cm³/mol. The maximum Gasteiger partial charge on any atom is 0.229 e. The Morgan fingerprint density at radius 1 is 1.56 bits per heavy atom. The van der Waals surface area contributed by atoms with Crippen LogP contribution in [0.25, 0.3) is 11.0 Å². The third-order valence-electron chi connectivity index (χ3n) is 3.78. The highest BCUT2D eigenvalue weighted by atomic mass is 35.5. The highest BCUT2D eigenvalue weighted by molar-refractivity contribution is 6.69. The zero-order valence-electron chi connectivity index (χ0n) is 14.1. The first kappa shape index (κ1) is 17.7. The number of nitrogens with one attached hydrogen (secondary N) is 3. The van der Waals surface area contributed by atoms with E-state index >= 15 is 0 Å². The van der Waals surface area contributed by atoms with Crippen LogP contribution in [-0.4, -0.2) is 46.0 Å². The lowest BCUT2D eigenvalue weighted by Gasteiger charge is -2.20. The Balaban J connectivity index is 1.81. The van der Waals surface area contributed by atoms with Gasteiger partial charge in [-0.1, -0.05) is 24.9 Å². The smallest absolute Gasteiger partial charge is 0.229 e. The SMILES string of the molecule is CCCc1nc(NC(=CN)C(Cl)=NC2CNCCO2)nc2[nH]ccc12. The molecule has 1 fully saturated rings. The molecule has 5 N–H and O–H groups in total. The summed E-state index contributed by atoms with van der Waals surface area (Å²) >= 11 is 6.30. The summed E-state index contributed by atoms with van der Waals surface area (Å²) in [6.07, 6.45) is 4.72. The van der Waals surface area contributed by atoms with Gasteiger partial charge >= 0.3 is 0 Å². The van der Waals surface area contributed by atoms with Crippen LogP contribution in [-0.2, 0) is 11.2 Å². The number of aromatic amines is 1. The highest BCUT2D eigenvalue weighted by Gasteiger charge is 2.15. The van der Waals surface area contributed by atoms with E-state index in [2.05, 4.69) is 37.5 Å². The maximum atomic E-state index is 6.30. The van der Waals surface area contributed by atoms with Gasteiger partial charge in [0, 0.05) is 30.9 Å². The van der Waals surface area contributed by atoms with Crippen molar-refractivity contribution >= 4 is 33.8 Å². The second kappa shape index (κ2) is 8.28. The summed E-state index contributed by atoms with van der Waals surface area (Å²) in [5.41, 5.74) is 7.88. The van der Waals surface area contributed by atoms with Crippen LogP contribution in [0.1, 0.15) is 19.0 Å². The van der Waals surface area contributed by atoms with Crippen molar-refractivity contribution in [1.29, 1.82) is 0 Å². The van der Waals surface area contributed by atoms with E-state index in [1.165, 1.54) is 6.20 Å². The third kappa shape index (κ3) is 4.28. The van der Waals surface area contributed by atoms with Gasteiger partial charge in [0.05, 0.1) is 18.0 Å². The molecule has 1 saturated heterocycles. The number of fused-ring (bicyclic) bond motifs is 1. The van der Waals surface area contributed by atoms with Crippen molar-refractivity contribution in [3.05, 3.63) is 29.9 Å². The van der Waals surface area contributed by atoms with Gasteiger partial charge in [0.2, 0.25) is 5.95 Å². The topological polar surface area (TPSA) is 113 Å². The van der Waals surface area contributed by atoms with E-state index in [4.69, 9.17) is 22.1 Å². The average Bonchev–Trinajstić information content (AvgIpc) is 3.09. The Labute approximate surface area is 150 Å². The first-order valence-corrected chi connectivity index (χ1v) is 8.68. The molecule has 9 heteroatoms. The average molecular weight is 364 g/mol. The van der Waals surface area contributed by atoms with Crippen molar-refractivity contribution in [3.8, 4) is 0 Å². The Kier molecular flexibility index (Phi) is 5.85. The summed E-state index contributed by atoms with van der Waals surface area (Å²) in [4.78, 5) is 16.5. The number of rotatable bonds is 6. The molecule has 1 aliphatic rings. The number of allylic oxidation sites excluding steroid dienone is 1. The van der Waals surface area contributed by atoms with Crippen LogP contribution >= 0.6 is 11.6 Å². The molecule has 0 bridgehead atoms. The fraction of sp³-hybridized carbons (Fsp3) is 0.438. The van der Waals surface area contributed by atoms with Gasteiger partial charge in [-0.3, -0.25) is 0 Å². The third-order valence-corrected chi connectivity index (χ3v) is 4.08. The van der Waals surface area contributed by atoms with Crippen LogP contribution in [0.15, 0.2) is 29.2 Å². The minimum atomic E-state index is -0.333. The molecule has 0 aromatic carbocycles. The van der Waals surface area contributed by atoms with Crippen LogP contribution in [0, 0.1) is 0 Å². The number of hydrogen-bond donors (Lipinski definition) is 4. The molecule has 2 aromatic rings. The van der Waals surface area contributed by atoms with Gasteiger partial charge in [-0.25, -0.2) is 9.98 Å². The number of aliphatic imine (C=N–C) groups is 1. The van der Waals surface area contributed by atoms with Crippen molar-refractivity contribution in [3.63, 3.8) is 0 Å². The van der Waals surface area contributed by atoms with E-state index in [-0.39, 0.29) is 11.4 Å². The van der Waals surface area contributed by atoms with Crippen LogP contribution in [0.4, 0.5) is 5.95 Å². The summed E-state index contributed by atoms with van der Waals surface area (Å²) in [5.74, 6) is 0.422. The van der Waals surface area contributed by atoms with E-state index in [9.17, 15) is 0 Å². The number of halogens is 1. The molecule has 1 unspecified atom stereocenters. The van der Waals surface area contributed by atoms with Crippen molar-refractivity contribution in [2.75, 3.05) is 25.0 Å². The zero-order chi connectivity index (χ0) is 17.6. The second-order valence-corrected chi connectivity index (χ2v) is 6.00. The molecule has 0 radical (unpaired) electrons. The summed E-state index contributed by atoms with van der Waals surface area (Å²) in [7, 11) is 0. The van der Waals surface area contributed by atoms with Gasteiger partial charge in [-0.15, -0.1) is 0 Å². The fourth-order valence-electron chi connectivity index (χ4n) is 2.60. The fourth-order valence-corrected chi connectivity index (χ4v) is 2.82. The molecular formula is C16H22ClN7O. The summed E-state index contributed by atoms with van der Waals surface area (Å²) in [5, 5.41) is 7.49. The lowest BCUT2D eigenvalue weighted by molar-refractivity contribution is 0.0351. The number of H-pyrrole nitrogens is 1. The highest BCUT2D eigenvalue weighted by Crippen LogP contribution is 2.19. The first-order valence-electron chi connectivity index (χ1n) is 8.30. The molecular weight excluding hydrogens is 342 g/mol. The molecule has 1 aliphatic heterocycles. The van der Waals surface area contributed by atoms with E-state index in [1.54, 1.807) is 0 Å². The summed E-state index contributed by atoms with van der Waals surface area (Å²) in [6, 6.07) is 1.98.